The molecule has 0 amide bonds. The lowest BCUT2D eigenvalue weighted by molar-refractivity contribution is 0.171. The van der Waals surface area contributed by atoms with Crippen molar-refractivity contribution in [1.82, 2.24) is 15.1 Å². The van der Waals surface area contributed by atoms with Gasteiger partial charge in [0.25, 0.3) is 0 Å². The van der Waals surface area contributed by atoms with Crippen LogP contribution in [0.5, 0.6) is 0 Å². The smallest absolute Gasteiger partial charge is 0.0208 e. The molecule has 1 N–H and O–H groups in total. The second-order valence-corrected chi connectivity index (χ2v) is 6.99. The molecule has 2 aliphatic rings. The Morgan fingerprint density at radius 1 is 1.19 bits per heavy atom. The van der Waals surface area contributed by atoms with E-state index in [4.69, 9.17) is 0 Å². The first-order valence-electron chi connectivity index (χ1n) is 8.38. The van der Waals surface area contributed by atoms with Crippen LogP contribution in [0.1, 0.15) is 29.9 Å². The Morgan fingerprint density at radius 3 is 2.76 bits per heavy atom. The van der Waals surface area contributed by atoms with Crippen LogP contribution < -0.4 is 5.32 Å². The van der Waals surface area contributed by atoms with E-state index in [0.29, 0.717) is 5.92 Å². The van der Waals surface area contributed by atoms with Gasteiger partial charge in [-0.25, -0.2) is 0 Å². The van der Waals surface area contributed by atoms with Crippen molar-refractivity contribution in [3.8, 4) is 0 Å². The molecule has 2 heterocycles. The van der Waals surface area contributed by atoms with Gasteiger partial charge in [-0.05, 0) is 57.1 Å². The highest BCUT2D eigenvalue weighted by Crippen LogP contribution is 2.25. The van der Waals surface area contributed by atoms with E-state index in [0.717, 1.165) is 19.0 Å². The number of fused-ring (bicyclic) bond motifs is 1. The molecule has 3 rings (SSSR count). The number of likely N-dealkylation sites (N-methyl/N-ethyl adjacent to an activating group) is 1. The van der Waals surface area contributed by atoms with E-state index in [-0.39, 0.29) is 0 Å². The minimum Gasteiger partial charge on any atom is -0.312 e. The third kappa shape index (κ3) is 3.85. The molecule has 0 spiro atoms. The molecule has 0 aliphatic carbocycles. The normalized spacial score (nSPS) is 24.2. The summed E-state index contributed by atoms with van der Waals surface area (Å²) in [6, 6.07) is 8.94. The van der Waals surface area contributed by atoms with Crippen molar-refractivity contribution in [2.45, 2.75) is 25.3 Å². The molecule has 0 radical (unpaired) electrons. The van der Waals surface area contributed by atoms with Crippen LogP contribution in [-0.4, -0.2) is 56.6 Å². The van der Waals surface area contributed by atoms with Crippen molar-refractivity contribution >= 4 is 0 Å². The van der Waals surface area contributed by atoms with Gasteiger partial charge in [-0.3, -0.25) is 0 Å². The molecular formula is C18H29N3. The summed E-state index contributed by atoms with van der Waals surface area (Å²) in [5.41, 5.74) is 3.05. The highest BCUT2D eigenvalue weighted by Gasteiger charge is 2.23. The maximum atomic E-state index is 3.57. The fraction of sp³-hybridized carbons (Fsp3) is 0.667. The van der Waals surface area contributed by atoms with Gasteiger partial charge in [0.15, 0.2) is 0 Å². The van der Waals surface area contributed by atoms with Gasteiger partial charge in [0, 0.05) is 32.1 Å². The molecule has 1 aromatic carbocycles. The highest BCUT2D eigenvalue weighted by atomic mass is 15.1. The fourth-order valence-electron chi connectivity index (χ4n) is 3.88. The topological polar surface area (TPSA) is 18.5 Å². The summed E-state index contributed by atoms with van der Waals surface area (Å²) in [7, 11) is 4.54. The van der Waals surface area contributed by atoms with E-state index in [1.165, 1.54) is 44.6 Å². The van der Waals surface area contributed by atoms with Crippen molar-refractivity contribution in [3.05, 3.63) is 35.4 Å². The van der Waals surface area contributed by atoms with Gasteiger partial charge < -0.3 is 15.1 Å². The summed E-state index contributed by atoms with van der Waals surface area (Å²) in [5.74, 6) is 1.53. The number of piperidine rings is 1. The van der Waals surface area contributed by atoms with Gasteiger partial charge in [-0.15, -0.1) is 0 Å². The zero-order valence-electron chi connectivity index (χ0n) is 13.5. The predicted molar refractivity (Wildman–Crippen MR) is 88.6 cm³/mol. The van der Waals surface area contributed by atoms with E-state index in [2.05, 4.69) is 53.5 Å². The number of nitrogens with zero attached hydrogens (tertiary/aromatic N) is 2. The quantitative estimate of drug-likeness (QED) is 0.915. The second kappa shape index (κ2) is 6.91. The Morgan fingerprint density at radius 2 is 1.95 bits per heavy atom. The first-order valence-corrected chi connectivity index (χ1v) is 8.38. The van der Waals surface area contributed by atoms with E-state index in [1.807, 2.05) is 0 Å². The van der Waals surface area contributed by atoms with Crippen LogP contribution >= 0.6 is 0 Å². The van der Waals surface area contributed by atoms with Crippen LogP contribution in [0, 0.1) is 5.92 Å². The number of hydrogen-bond acceptors (Lipinski definition) is 3. The van der Waals surface area contributed by atoms with Gasteiger partial charge in [-0.2, -0.15) is 0 Å². The lowest BCUT2D eigenvalue weighted by atomic mass is 9.90. The summed E-state index contributed by atoms with van der Waals surface area (Å²) < 4.78 is 0. The standard InChI is InChI=1S/C18H29N3/c1-20-9-7-15(8-10-20)13-21(2)14-17-12-19-11-16-5-3-4-6-18(16)17/h3-6,15,17,19H,7-14H2,1-2H3. The van der Waals surface area contributed by atoms with E-state index < -0.39 is 0 Å². The third-order valence-corrected chi connectivity index (χ3v) is 5.14. The van der Waals surface area contributed by atoms with Crippen molar-refractivity contribution in [1.29, 1.82) is 0 Å². The Kier molecular flexibility index (Phi) is 4.94. The van der Waals surface area contributed by atoms with Crippen LogP contribution in [0.4, 0.5) is 0 Å². The molecule has 0 bridgehead atoms. The van der Waals surface area contributed by atoms with Crippen LogP contribution in [0.3, 0.4) is 0 Å². The average molecular weight is 287 g/mol. The molecule has 3 nitrogen and oxygen atoms in total. The maximum absolute atomic E-state index is 3.57. The van der Waals surface area contributed by atoms with Crippen molar-refractivity contribution in [3.63, 3.8) is 0 Å². The number of likely N-dealkylation sites (tertiary alicyclic amines) is 1. The number of hydrogen-bond donors (Lipinski definition) is 1. The molecular weight excluding hydrogens is 258 g/mol. The molecule has 3 heteroatoms. The van der Waals surface area contributed by atoms with E-state index in [1.54, 1.807) is 5.56 Å². The van der Waals surface area contributed by atoms with E-state index >= 15 is 0 Å². The lowest BCUT2D eigenvalue weighted by Crippen LogP contribution is -2.39. The third-order valence-electron chi connectivity index (χ3n) is 5.14. The number of benzene rings is 1. The zero-order chi connectivity index (χ0) is 14.7. The first-order chi connectivity index (χ1) is 10.2. The van der Waals surface area contributed by atoms with Crippen LogP contribution in [0.25, 0.3) is 0 Å². The molecule has 116 valence electrons. The van der Waals surface area contributed by atoms with Crippen LogP contribution in [0.15, 0.2) is 24.3 Å². The first kappa shape index (κ1) is 15.0. The van der Waals surface area contributed by atoms with Crippen molar-refractivity contribution < 1.29 is 0 Å². The van der Waals surface area contributed by atoms with Gasteiger partial charge in [0.05, 0.1) is 0 Å². The Balaban J connectivity index is 1.54. The Bertz CT molecular complexity index is 452. The average Bonchev–Trinajstić information content (AvgIpc) is 2.50. The number of rotatable bonds is 4. The lowest BCUT2D eigenvalue weighted by Gasteiger charge is -2.34. The summed E-state index contributed by atoms with van der Waals surface area (Å²) in [6.45, 7) is 7.13. The number of nitrogens with one attached hydrogen (secondary N) is 1. The highest BCUT2D eigenvalue weighted by molar-refractivity contribution is 5.32. The molecule has 0 aromatic heterocycles. The van der Waals surface area contributed by atoms with Gasteiger partial charge in [0.2, 0.25) is 0 Å². The van der Waals surface area contributed by atoms with Gasteiger partial charge >= 0.3 is 0 Å². The molecule has 1 unspecified atom stereocenters. The molecule has 0 saturated carbocycles. The van der Waals surface area contributed by atoms with Crippen LogP contribution in [-0.2, 0) is 6.54 Å². The zero-order valence-corrected chi connectivity index (χ0v) is 13.5. The molecule has 2 aliphatic heterocycles. The summed E-state index contributed by atoms with van der Waals surface area (Å²) in [5, 5.41) is 3.57. The monoisotopic (exact) mass is 287 g/mol. The SMILES string of the molecule is CN1CCC(CN(C)CC2CNCc3ccccc32)CC1. The maximum Gasteiger partial charge on any atom is 0.0208 e. The van der Waals surface area contributed by atoms with Crippen molar-refractivity contribution in [2.75, 3.05) is 46.8 Å². The predicted octanol–water partition coefficient (Wildman–Crippen LogP) is 2.15. The summed E-state index contributed by atoms with van der Waals surface area (Å²) >= 11 is 0. The Labute approximate surface area is 129 Å². The minimum absolute atomic E-state index is 0.645. The largest absolute Gasteiger partial charge is 0.312 e. The van der Waals surface area contributed by atoms with Crippen LogP contribution in [0.2, 0.25) is 0 Å². The molecule has 1 aromatic rings. The fourth-order valence-corrected chi connectivity index (χ4v) is 3.88. The Hall–Kier alpha value is -0.900. The van der Waals surface area contributed by atoms with Gasteiger partial charge in [-0.1, -0.05) is 24.3 Å². The van der Waals surface area contributed by atoms with Gasteiger partial charge in [0.1, 0.15) is 0 Å². The molecule has 1 atom stereocenters. The molecule has 21 heavy (non-hydrogen) atoms. The summed E-state index contributed by atoms with van der Waals surface area (Å²) in [4.78, 5) is 5.02. The minimum atomic E-state index is 0.645. The van der Waals surface area contributed by atoms with Crippen molar-refractivity contribution in [2.24, 2.45) is 5.92 Å². The molecule has 1 fully saturated rings. The van der Waals surface area contributed by atoms with E-state index in [9.17, 15) is 0 Å². The molecule has 1 saturated heterocycles. The second-order valence-electron chi connectivity index (χ2n) is 6.99. The summed E-state index contributed by atoms with van der Waals surface area (Å²) in [6.07, 6.45) is 2.72.